The maximum Gasteiger partial charge on any atom is 0.297 e. The number of ether oxygens (including phenoxy) is 5. The number of aliphatic hydroxyl groups excluding tert-OH is 5. The van der Waals surface area contributed by atoms with E-state index in [1.165, 1.54) is 44.9 Å². The van der Waals surface area contributed by atoms with Gasteiger partial charge in [0.2, 0.25) is 11.8 Å². The minimum Gasteiger partial charge on any atom is -0.390 e. The van der Waals surface area contributed by atoms with E-state index in [9.17, 15) is 39.9 Å². The van der Waals surface area contributed by atoms with Gasteiger partial charge in [0.1, 0.15) is 43.7 Å². The normalized spacial score (nSPS) is 16.2. The van der Waals surface area contributed by atoms with Crippen LogP contribution in [0.25, 0.3) is 0 Å². The van der Waals surface area contributed by atoms with E-state index < -0.39 is 67.4 Å². The van der Waals surface area contributed by atoms with Crippen molar-refractivity contribution in [3.63, 3.8) is 0 Å². The van der Waals surface area contributed by atoms with Crippen LogP contribution >= 0.6 is 0 Å². The molecule has 1 heterocycles. The molecule has 0 radical (unpaired) electrons. The van der Waals surface area contributed by atoms with Gasteiger partial charge in [0.15, 0.2) is 6.29 Å². The number of nitrogens with one attached hydrogen (secondary N) is 3. The Morgan fingerprint density at radius 3 is 1.51 bits per heavy atom. The van der Waals surface area contributed by atoms with E-state index in [-0.39, 0.29) is 106 Å². The Hall–Kier alpha value is -7.35. The first kappa shape index (κ1) is 68.7. The number of carbonyl (C=O) groups excluding carboxylic acids is 3. The van der Waals surface area contributed by atoms with E-state index >= 15 is 0 Å². The van der Waals surface area contributed by atoms with E-state index in [1.54, 1.807) is 6.92 Å². The smallest absolute Gasteiger partial charge is 0.297 e. The highest BCUT2D eigenvalue weighted by Crippen LogP contribution is 2.23. The molecule has 1 saturated heterocycles. The maximum absolute atomic E-state index is 13.0. The molecule has 1 aliphatic rings. The van der Waals surface area contributed by atoms with Crippen LogP contribution in [0.5, 0.6) is 0 Å². The lowest BCUT2D eigenvalue weighted by Gasteiger charge is -2.41. The highest BCUT2D eigenvalue weighted by Gasteiger charge is 2.45. The van der Waals surface area contributed by atoms with Gasteiger partial charge in [0, 0.05) is 88.8 Å². The quantitative estimate of drug-likeness (QED) is 0.0226. The minimum absolute atomic E-state index is 0. The second-order valence-corrected chi connectivity index (χ2v) is 16.5. The van der Waals surface area contributed by atoms with E-state index in [0.29, 0.717) is 6.42 Å². The standard InChI is InChI=1S/C60H70N4O14.24H2/c1-3-5-7-9-11-13-15-17-18-19-20-21-22-23-24-25-26-27-29-31-33-35-37-39-53(66)64-50(56(69)51(65)38-36-34-32-30-28-16-14-12-10-8-6-4-2)47-76-60-59(72)58(71)57(70)52(78-60)46-63-54(67)48-75-45-44-74-43-42-73-41-40-62-55(68)49-77-61;;;;;;;;;;;;;;;;;;;;;;;;/h50-52,56-60,65,69-72H,4,6,8,10,12,14,16,28,30,32,34,36,38,40-49,61H2,1-2H3,(H,62,68)(H,63,67)(H,64,66);24*1H/t50-,51+,52+,56-,57-,58-,59+,60-;;;;;;;;;;;;;;;;;;;;;;;;/m0......................../s1. The monoisotopic (exact) mass is 1120 g/mol. The predicted molar refractivity (Wildman–Crippen MR) is 341 cm³/mol. The van der Waals surface area contributed by atoms with Crippen molar-refractivity contribution in [3.05, 3.63) is 0 Å². The first-order valence-corrected chi connectivity index (χ1v) is 25.5. The lowest BCUT2D eigenvalue weighted by Crippen LogP contribution is -2.61. The maximum atomic E-state index is 13.0. The molecule has 18 nitrogen and oxygen atoms in total. The van der Waals surface area contributed by atoms with E-state index in [0.717, 1.165) is 25.7 Å². The van der Waals surface area contributed by atoms with Gasteiger partial charge in [-0.15, -0.1) is 0 Å². The van der Waals surface area contributed by atoms with Gasteiger partial charge in [-0.25, -0.2) is 5.90 Å². The fourth-order valence-corrected chi connectivity index (χ4v) is 6.52. The van der Waals surface area contributed by atoms with Crippen LogP contribution in [0.3, 0.4) is 0 Å². The molecule has 0 aromatic heterocycles. The van der Waals surface area contributed by atoms with Crippen molar-refractivity contribution >= 4 is 17.7 Å². The molecule has 0 unspecified atom stereocenters. The molecule has 462 valence electrons. The summed E-state index contributed by atoms with van der Waals surface area (Å²) in [6, 6.07) is -1.31. The third-order valence-corrected chi connectivity index (χ3v) is 10.5. The summed E-state index contributed by atoms with van der Waals surface area (Å²) in [4.78, 5) is 40.9. The first-order valence-electron chi connectivity index (χ1n) is 25.5. The van der Waals surface area contributed by atoms with Gasteiger partial charge < -0.3 is 65.2 Å². The van der Waals surface area contributed by atoms with Crippen LogP contribution in [0.4, 0.5) is 0 Å². The molecule has 1 rings (SSSR count). The summed E-state index contributed by atoms with van der Waals surface area (Å²) in [6.07, 6.45) is 2.61. The van der Waals surface area contributed by atoms with Gasteiger partial charge in [-0.2, -0.15) is 0 Å². The average molecular weight is 1120 g/mol. The molecule has 0 aliphatic carbocycles. The predicted octanol–water partition coefficient (Wildman–Crippen LogP) is 5.25. The van der Waals surface area contributed by atoms with E-state index in [2.05, 4.69) is 170 Å². The van der Waals surface area contributed by atoms with Crippen LogP contribution in [-0.2, 0) is 42.9 Å². The number of aliphatic hydroxyl groups is 5. The number of unbranched alkanes of at least 4 members (excludes halogenated alkanes) is 11. The summed E-state index contributed by atoms with van der Waals surface area (Å²) < 4.78 is 27.5. The molecule has 0 spiro atoms. The average Bonchev–Trinajstić information content (AvgIpc) is 0.820. The number of nitrogens with two attached hydrogens (primary N) is 1. The third-order valence-electron chi connectivity index (χ3n) is 10.5. The van der Waals surface area contributed by atoms with E-state index in [4.69, 9.17) is 29.6 Å². The Labute approximate surface area is 496 Å². The summed E-state index contributed by atoms with van der Waals surface area (Å²) in [5.74, 6) is 62.3. The summed E-state index contributed by atoms with van der Waals surface area (Å²) in [7, 11) is 0. The lowest BCUT2D eigenvalue weighted by molar-refractivity contribution is -0.297. The highest BCUT2D eigenvalue weighted by molar-refractivity contribution is 5.94. The molecular weight excluding hydrogens is 1000 g/mol. The minimum atomic E-state index is -1.79. The Bertz CT molecular complexity index is 2700. The molecule has 1 aliphatic heterocycles. The molecule has 0 saturated carbocycles. The third kappa shape index (κ3) is 38.2. The molecule has 18 heteroatoms. The van der Waals surface area contributed by atoms with Gasteiger partial charge in [-0.1, -0.05) is 89.9 Å². The summed E-state index contributed by atoms with van der Waals surface area (Å²) in [5, 5.41) is 62.0. The number of hydrogen-bond acceptors (Lipinski definition) is 15. The number of rotatable bonds is 34. The Morgan fingerprint density at radius 2 is 1.01 bits per heavy atom. The van der Waals surface area contributed by atoms with Crippen LogP contribution in [0.15, 0.2) is 0 Å². The first-order chi connectivity index (χ1) is 38.0. The van der Waals surface area contributed by atoms with E-state index in [1.807, 2.05) is 0 Å². The molecule has 1 fully saturated rings. The molecule has 10 N–H and O–H groups in total. The van der Waals surface area contributed by atoms with Crippen molar-refractivity contribution in [1.29, 1.82) is 0 Å². The van der Waals surface area contributed by atoms with Crippen molar-refractivity contribution in [2.45, 2.75) is 146 Å². The molecular formula is C60H118N4O14. The summed E-state index contributed by atoms with van der Waals surface area (Å²) in [5.41, 5.74) is 0. The zero-order valence-corrected chi connectivity index (χ0v) is 44.4. The largest absolute Gasteiger partial charge is 0.390 e. The van der Waals surface area contributed by atoms with Crippen LogP contribution in [-0.4, -0.2) is 158 Å². The summed E-state index contributed by atoms with van der Waals surface area (Å²) in [6.45, 7) is 3.63. The molecule has 3 amide bonds. The molecule has 0 aromatic carbocycles. The zero-order valence-electron chi connectivity index (χ0n) is 44.4. The lowest BCUT2D eigenvalue weighted by atomic mass is 9.98. The number of carbonyl (C=O) groups is 3. The Balaban J connectivity index is -0.000000115. The fraction of sp³-hybridized carbons (Fsp3) is 0.550. The molecule has 0 bridgehead atoms. The van der Waals surface area contributed by atoms with Crippen molar-refractivity contribution in [1.82, 2.24) is 16.0 Å². The Morgan fingerprint density at radius 1 is 0.564 bits per heavy atom. The number of hydrogen-bond donors (Lipinski definition) is 9. The highest BCUT2D eigenvalue weighted by atomic mass is 16.7. The number of amides is 3. The van der Waals surface area contributed by atoms with Crippen molar-refractivity contribution in [2.24, 2.45) is 5.90 Å². The van der Waals surface area contributed by atoms with Crippen molar-refractivity contribution in [3.8, 4) is 142 Å². The van der Waals surface area contributed by atoms with Gasteiger partial charge >= 0.3 is 0 Å². The SMILES string of the molecule is CC#CC#CC#CC#CC#CC#CC#CC#CC#CC#CC#CC#CC(=O)N[C@@H](CO[C@H]1O[C@H](CNC(=O)COCCOCCOCCNC(=O)CON)[C@H](O)[C@H](O)[C@H]1O)[C@H](O)[C@H](O)CCCCCCCCCCCCCC.[HH].[HH].[HH].[HH].[HH].[HH].[HH].[HH].[HH].[HH].[HH].[HH].[HH].[HH].[HH].[HH].[HH].[HH].[HH].[HH].[HH].[HH].[HH].[HH]. The molecule has 78 heavy (non-hydrogen) atoms. The molecule has 0 aromatic rings. The van der Waals surface area contributed by atoms with Crippen LogP contribution in [0.2, 0.25) is 0 Å². The van der Waals surface area contributed by atoms with Gasteiger partial charge in [0.05, 0.1) is 51.8 Å². The zero-order chi connectivity index (χ0) is 56.9. The van der Waals surface area contributed by atoms with Gasteiger partial charge in [-0.3, -0.25) is 19.2 Å². The fourth-order valence-electron chi connectivity index (χ4n) is 6.52. The van der Waals surface area contributed by atoms with Crippen molar-refractivity contribution < 1.29 is 103 Å². The van der Waals surface area contributed by atoms with Crippen LogP contribution in [0, 0.1) is 142 Å². The van der Waals surface area contributed by atoms with Gasteiger partial charge in [0.25, 0.3) is 5.91 Å². The van der Waals surface area contributed by atoms with Crippen molar-refractivity contribution in [2.75, 3.05) is 65.9 Å². The van der Waals surface area contributed by atoms with Crippen LogP contribution < -0.4 is 21.8 Å². The van der Waals surface area contributed by atoms with Crippen LogP contribution in [0.1, 0.15) is 132 Å². The molecule has 8 atom stereocenters. The second-order valence-electron chi connectivity index (χ2n) is 16.5. The van der Waals surface area contributed by atoms with Gasteiger partial charge in [-0.05, 0) is 108 Å². The topological polar surface area (TPSA) is 270 Å². The summed E-state index contributed by atoms with van der Waals surface area (Å²) >= 11 is 0. The second kappa shape index (κ2) is 49.2. The Kier molecular flexibility index (Phi) is 43.3.